The van der Waals surface area contributed by atoms with Crippen molar-refractivity contribution >= 4 is 27.5 Å². The molecule has 0 aromatic heterocycles. The normalized spacial score (nSPS) is 24.3. The van der Waals surface area contributed by atoms with Crippen LogP contribution in [0.15, 0.2) is 34.9 Å². The fourth-order valence-electron chi connectivity index (χ4n) is 3.35. The van der Waals surface area contributed by atoms with Gasteiger partial charge in [-0.1, -0.05) is 0 Å². The summed E-state index contributed by atoms with van der Waals surface area (Å²) in [5.41, 5.74) is 0.470. The van der Waals surface area contributed by atoms with Gasteiger partial charge in [0.15, 0.2) is 15.4 Å². The second-order valence-corrected chi connectivity index (χ2v) is 9.08. The molecule has 138 valence electrons. The SMILES string of the molecule is CC1(C)OC(=O)C(=CNc2ccc3c(c2)C2(COC2)CS3(=O)=O)C(=O)O1. The Morgan fingerprint density at radius 3 is 2.35 bits per heavy atom. The van der Waals surface area contributed by atoms with Gasteiger partial charge in [0.2, 0.25) is 0 Å². The summed E-state index contributed by atoms with van der Waals surface area (Å²) in [6, 6.07) is 4.82. The molecule has 26 heavy (non-hydrogen) atoms. The van der Waals surface area contributed by atoms with Gasteiger partial charge in [0.25, 0.3) is 5.79 Å². The standard InChI is InChI=1S/C17H17NO7S/c1-16(2)24-14(19)11(15(20)25-16)6-18-10-3-4-13-12(5-10)17(7-23-8-17)9-26(13,21)22/h3-6,18H,7-9H2,1-2H3. The topological polar surface area (TPSA) is 108 Å². The van der Waals surface area contributed by atoms with Gasteiger partial charge >= 0.3 is 11.9 Å². The van der Waals surface area contributed by atoms with Crippen LogP contribution in [-0.2, 0) is 39.1 Å². The van der Waals surface area contributed by atoms with Crippen LogP contribution in [0.2, 0.25) is 0 Å². The Morgan fingerprint density at radius 2 is 1.77 bits per heavy atom. The third-order valence-electron chi connectivity index (χ3n) is 4.61. The van der Waals surface area contributed by atoms with Gasteiger partial charge in [0.1, 0.15) is 0 Å². The molecule has 0 saturated carbocycles. The van der Waals surface area contributed by atoms with Crippen LogP contribution in [0, 0.1) is 0 Å². The molecule has 0 aliphatic carbocycles. The van der Waals surface area contributed by atoms with E-state index in [4.69, 9.17) is 14.2 Å². The minimum Gasteiger partial charge on any atom is -0.419 e. The lowest BCUT2D eigenvalue weighted by molar-refractivity contribution is -0.222. The summed E-state index contributed by atoms with van der Waals surface area (Å²) in [5.74, 6) is -2.84. The molecule has 3 heterocycles. The summed E-state index contributed by atoms with van der Waals surface area (Å²) in [5, 5.41) is 2.85. The number of cyclic esters (lactones) is 2. The van der Waals surface area contributed by atoms with E-state index < -0.39 is 33.0 Å². The molecule has 3 aliphatic heterocycles. The Morgan fingerprint density at radius 1 is 1.12 bits per heavy atom. The van der Waals surface area contributed by atoms with Crippen LogP contribution < -0.4 is 5.32 Å². The first-order valence-corrected chi connectivity index (χ1v) is 9.66. The van der Waals surface area contributed by atoms with Crippen molar-refractivity contribution in [3.05, 3.63) is 35.5 Å². The number of nitrogens with one attached hydrogen (secondary N) is 1. The molecule has 8 nitrogen and oxygen atoms in total. The van der Waals surface area contributed by atoms with Gasteiger partial charge < -0.3 is 19.5 Å². The Kier molecular flexibility index (Phi) is 3.48. The molecule has 1 aromatic carbocycles. The molecular weight excluding hydrogens is 362 g/mol. The highest BCUT2D eigenvalue weighted by molar-refractivity contribution is 7.91. The van der Waals surface area contributed by atoms with Crippen molar-refractivity contribution in [2.24, 2.45) is 0 Å². The third-order valence-corrected chi connectivity index (χ3v) is 6.57. The minimum absolute atomic E-state index is 0.0353. The Bertz CT molecular complexity index is 935. The lowest BCUT2D eigenvalue weighted by Crippen LogP contribution is -2.48. The second-order valence-electron chi connectivity index (χ2n) is 7.12. The third kappa shape index (κ3) is 2.58. The molecule has 2 fully saturated rings. The first-order chi connectivity index (χ1) is 12.1. The molecule has 3 aliphatic rings. The van der Waals surface area contributed by atoms with E-state index in [2.05, 4.69) is 5.32 Å². The molecule has 9 heteroatoms. The van der Waals surface area contributed by atoms with Crippen molar-refractivity contribution in [3.8, 4) is 0 Å². The van der Waals surface area contributed by atoms with Crippen LogP contribution in [0.25, 0.3) is 0 Å². The number of esters is 2. The first kappa shape index (κ1) is 17.0. The average molecular weight is 379 g/mol. The van der Waals surface area contributed by atoms with E-state index in [1.54, 1.807) is 12.1 Å². The van der Waals surface area contributed by atoms with E-state index in [1.165, 1.54) is 26.1 Å². The van der Waals surface area contributed by atoms with E-state index >= 15 is 0 Å². The highest BCUT2D eigenvalue weighted by Gasteiger charge is 2.52. The Labute approximate surface area is 150 Å². The zero-order chi connectivity index (χ0) is 18.7. The van der Waals surface area contributed by atoms with Gasteiger partial charge in [-0.25, -0.2) is 18.0 Å². The number of carbonyl (C=O) groups excluding carboxylic acids is 2. The van der Waals surface area contributed by atoms with Gasteiger partial charge in [-0.15, -0.1) is 0 Å². The van der Waals surface area contributed by atoms with Gasteiger partial charge in [0, 0.05) is 25.7 Å². The predicted octanol–water partition coefficient (Wildman–Crippen LogP) is 0.874. The summed E-state index contributed by atoms with van der Waals surface area (Å²) >= 11 is 0. The summed E-state index contributed by atoms with van der Waals surface area (Å²) in [6.07, 6.45) is 1.20. The van der Waals surface area contributed by atoms with Crippen molar-refractivity contribution in [2.45, 2.75) is 29.9 Å². The summed E-state index contributed by atoms with van der Waals surface area (Å²) in [6.45, 7) is 3.65. The number of anilines is 1. The van der Waals surface area contributed by atoms with Crippen molar-refractivity contribution in [1.82, 2.24) is 0 Å². The van der Waals surface area contributed by atoms with Crippen LogP contribution in [0.3, 0.4) is 0 Å². The van der Waals surface area contributed by atoms with Crippen LogP contribution in [0.1, 0.15) is 19.4 Å². The summed E-state index contributed by atoms with van der Waals surface area (Å²) in [7, 11) is -3.33. The Balaban J connectivity index is 1.62. The molecule has 1 N–H and O–H groups in total. The number of benzene rings is 1. The zero-order valence-corrected chi connectivity index (χ0v) is 15.0. The van der Waals surface area contributed by atoms with E-state index in [1.807, 2.05) is 0 Å². The maximum Gasteiger partial charge on any atom is 0.350 e. The monoisotopic (exact) mass is 379 g/mol. The number of hydrogen-bond donors (Lipinski definition) is 1. The molecule has 4 rings (SSSR count). The number of rotatable bonds is 2. The lowest BCUT2D eigenvalue weighted by Gasteiger charge is -2.37. The first-order valence-electron chi connectivity index (χ1n) is 8.00. The number of sulfone groups is 1. The van der Waals surface area contributed by atoms with Gasteiger partial charge in [0.05, 0.1) is 29.3 Å². The number of carbonyl (C=O) groups is 2. The summed E-state index contributed by atoms with van der Waals surface area (Å²) < 4.78 is 39.9. The molecule has 1 spiro atoms. The van der Waals surface area contributed by atoms with Crippen LogP contribution in [0.5, 0.6) is 0 Å². The van der Waals surface area contributed by atoms with Crippen LogP contribution >= 0.6 is 0 Å². The predicted molar refractivity (Wildman–Crippen MR) is 89.0 cm³/mol. The van der Waals surface area contributed by atoms with Gasteiger partial charge in [-0.05, 0) is 23.8 Å². The number of ether oxygens (including phenoxy) is 3. The van der Waals surface area contributed by atoms with Crippen molar-refractivity contribution in [1.29, 1.82) is 0 Å². The fraction of sp³-hybridized carbons (Fsp3) is 0.412. The van der Waals surface area contributed by atoms with Crippen LogP contribution in [0.4, 0.5) is 5.69 Å². The van der Waals surface area contributed by atoms with Gasteiger partial charge in [-0.2, -0.15) is 0 Å². The molecule has 0 bridgehead atoms. The molecule has 1 aromatic rings. The van der Waals surface area contributed by atoms with Crippen molar-refractivity contribution in [2.75, 3.05) is 24.3 Å². The highest BCUT2D eigenvalue weighted by atomic mass is 32.2. The largest absolute Gasteiger partial charge is 0.419 e. The molecule has 2 saturated heterocycles. The fourth-order valence-corrected chi connectivity index (χ4v) is 5.44. The number of hydrogen-bond acceptors (Lipinski definition) is 8. The molecule has 0 amide bonds. The van der Waals surface area contributed by atoms with Crippen molar-refractivity contribution < 1.29 is 32.2 Å². The zero-order valence-electron chi connectivity index (χ0n) is 14.2. The van der Waals surface area contributed by atoms with E-state index in [0.717, 1.165) is 0 Å². The van der Waals surface area contributed by atoms with Crippen LogP contribution in [-0.4, -0.2) is 45.1 Å². The quantitative estimate of drug-likeness (QED) is 0.458. The summed E-state index contributed by atoms with van der Waals surface area (Å²) in [4.78, 5) is 24.2. The highest BCUT2D eigenvalue weighted by Crippen LogP contribution is 2.45. The lowest BCUT2D eigenvalue weighted by atomic mass is 9.81. The minimum atomic E-state index is -3.33. The smallest absolute Gasteiger partial charge is 0.350 e. The second kappa shape index (κ2) is 5.31. The van der Waals surface area contributed by atoms with Crippen molar-refractivity contribution in [3.63, 3.8) is 0 Å². The maximum atomic E-state index is 12.3. The average Bonchev–Trinajstić information content (AvgIpc) is 2.73. The van der Waals surface area contributed by atoms with Gasteiger partial charge in [-0.3, -0.25) is 0 Å². The molecule has 0 atom stereocenters. The van der Waals surface area contributed by atoms with E-state index in [-0.39, 0.29) is 11.3 Å². The molecule has 0 unspecified atom stereocenters. The molecule has 0 radical (unpaired) electrons. The Hall–Kier alpha value is -2.39. The van der Waals surface area contributed by atoms with E-state index in [0.29, 0.717) is 29.4 Å². The van der Waals surface area contributed by atoms with E-state index in [9.17, 15) is 18.0 Å². The maximum absolute atomic E-state index is 12.3. The number of fused-ring (bicyclic) bond motifs is 2. The molecular formula is C17H17NO7S.